The number of nitrogens with one attached hydrogen (secondary N) is 1. The van der Waals surface area contributed by atoms with Crippen molar-refractivity contribution in [3.63, 3.8) is 0 Å². The first-order chi connectivity index (χ1) is 16.0. The first-order valence-corrected chi connectivity index (χ1v) is 10.5. The highest BCUT2D eigenvalue weighted by Gasteiger charge is 2.29. The van der Waals surface area contributed by atoms with Crippen LogP contribution in [0.25, 0.3) is 16.8 Å². The third kappa shape index (κ3) is 3.74. The Morgan fingerprint density at radius 3 is 2.15 bits per heavy atom. The lowest BCUT2D eigenvalue weighted by molar-refractivity contribution is 0.0696. The summed E-state index contributed by atoms with van der Waals surface area (Å²) in [5.74, 6) is -1.02. The molecule has 1 heterocycles. The van der Waals surface area contributed by atoms with Crippen LogP contribution >= 0.6 is 0 Å². The first kappa shape index (κ1) is 20.5. The number of anilines is 1. The van der Waals surface area contributed by atoms with Gasteiger partial charge >= 0.3 is 12.1 Å². The molecule has 0 spiro atoms. The number of carboxylic acids is 1. The van der Waals surface area contributed by atoms with Crippen LogP contribution < -0.4 is 5.32 Å². The van der Waals surface area contributed by atoms with E-state index in [2.05, 4.69) is 34.7 Å². The van der Waals surface area contributed by atoms with E-state index in [-0.39, 0.29) is 18.1 Å². The van der Waals surface area contributed by atoms with Crippen molar-refractivity contribution in [1.82, 2.24) is 9.78 Å². The summed E-state index contributed by atoms with van der Waals surface area (Å²) in [7, 11) is 0. The van der Waals surface area contributed by atoms with E-state index in [1.54, 1.807) is 35.9 Å². The van der Waals surface area contributed by atoms with E-state index in [0.29, 0.717) is 17.1 Å². The molecule has 0 aliphatic heterocycles. The Morgan fingerprint density at radius 2 is 1.58 bits per heavy atom. The van der Waals surface area contributed by atoms with Gasteiger partial charge in [-0.3, -0.25) is 5.32 Å². The summed E-state index contributed by atoms with van der Waals surface area (Å²) in [6.45, 7) is 1.93. The number of nitrogens with zero attached hydrogens (tertiary/aromatic N) is 2. The molecule has 0 radical (unpaired) electrons. The maximum atomic E-state index is 12.5. The Kier molecular flexibility index (Phi) is 5.14. The molecule has 1 aromatic heterocycles. The largest absolute Gasteiger partial charge is 0.478 e. The summed E-state index contributed by atoms with van der Waals surface area (Å²) >= 11 is 0. The molecule has 1 amide bonds. The smallest absolute Gasteiger partial charge is 0.411 e. The number of hydrogen-bond acceptors (Lipinski definition) is 4. The normalized spacial score (nSPS) is 12.2. The molecule has 0 atom stereocenters. The van der Waals surface area contributed by atoms with E-state index in [0.717, 1.165) is 11.1 Å². The number of fused-ring (bicyclic) bond motifs is 3. The molecule has 0 saturated heterocycles. The van der Waals surface area contributed by atoms with Gasteiger partial charge in [0.05, 0.1) is 17.6 Å². The fourth-order valence-corrected chi connectivity index (χ4v) is 4.32. The second kappa shape index (κ2) is 8.27. The molecule has 3 aromatic carbocycles. The lowest BCUT2D eigenvalue weighted by Gasteiger charge is -2.14. The van der Waals surface area contributed by atoms with Crippen LogP contribution in [-0.2, 0) is 4.74 Å². The van der Waals surface area contributed by atoms with Crippen LogP contribution in [0.1, 0.15) is 33.1 Å². The van der Waals surface area contributed by atoms with Gasteiger partial charge in [-0.2, -0.15) is 5.10 Å². The molecule has 1 aliphatic carbocycles. The zero-order valence-corrected chi connectivity index (χ0v) is 17.9. The Hall–Kier alpha value is -4.39. The molecule has 0 bridgehead atoms. The number of carboxylic acid groups (broad SMARTS) is 1. The number of amides is 1. The highest BCUT2D eigenvalue weighted by atomic mass is 16.5. The lowest BCUT2D eigenvalue weighted by atomic mass is 9.98. The van der Waals surface area contributed by atoms with Gasteiger partial charge in [0.15, 0.2) is 0 Å². The quantitative estimate of drug-likeness (QED) is 0.444. The van der Waals surface area contributed by atoms with E-state index >= 15 is 0 Å². The van der Waals surface area contributed by atoms with Crippen LogP contribution in [0, 0.1) is 6.92 Å². The molecule has 4 aromatic rings. The fourth-order valence-electron chi connectivity index (χ4n) is 4.32. The van der Waals surface area contributed by atoms with Crippen LogP contribution in [0.2, 0.25) is 0 Å². The standard InChI is InChI=1S/C26H21N3O4/c1-16-23(25(30)31)14-27-29(16)18-12-10-17(11-13-18)28-26(32)33-15-24-21-8-4-2-6-19(21)20-7-3-5-9-22(20)24/h2-14,24H,15H2,1H3,(H,28,32)(H,30,31). The Morgan fingerprint density at radius 1 is 0.970 bits per heavy atom. The van der Waals surface area contributed by atoms with Crippen LogP contribution in [0.15, 0.2) is 79.0 Å². The lowest BCUT2D eigenvalue weighted by Crippen LogP contribution is -2.17. The summed E-state index contributed by atoms with van der Waals surface area (Å²) in [6, 6.07) is 23.3. The van der Waals surface area contributed by atoms with Gasteiger partial charge in [-0.15, -0.1) is 0 Å². The highest BCUT2D eigenvalue weighted by molar-refractivity contribution is 5.89. The number of carbonyl (C=O) groups excluding carboxylic acids is 1. The molecule has 0 saturated carbocycles. The molecule has 5 rings (SSSR count). The second-order valence-electron chi connectivity index (χ2n) is 7.86. The van der Waals surface area contributed by atoms with E-state index in [1.807, 2.05) is 24.3 Å². The number of benzene rings is 3. The minimum absolute atomic E-state index is 0.00301. The third-order valence-electron chi connectivity index (χ3n) is 5.94. The highest BCUT2D eigenvalue weighted by Crippen LogP contribution is 2.44. The summed E-state index contributed by atoms with van der Waals surface area (Å²) in [5, 5.41) is 16.1. The zero-order chi connectivity index (χ0) is 22.9. The Labute approximate surface area is 190 Å². The summed E-state index contributed by atoms with van der Waals surface area (Å²) < 4.78 is 7.12. The van der Waals surface area contributed by atoms with Crippen molar-refractivity contribution in [3.05, 3.63) is 101 Å². The van der Waals surface area contributed by atoms with Crippen LogP contribution in [0.4, 0.5) is 10.5 Å². The van der Waals surface area contributed by atoms with E-state index in [9.17, 15) is 14.7 Å². The number of hydrogen-bond donors (Lipinski definition) is 2. The number of rotatable bonds is 5. The summed E-state index contributed by atoms with van der Waals surface area (Å²) in [5.41, 5.74) is 6.61. The molecule has 0 fully saturated rings. The Bertz CT molecular complexity index is 1310. The molecule has 164 valence electrons. The van der Waals surface area contributed by atoms with Gasteiger partial charge in [-0.25, -0.2) is 14.3 Å². The van der Waals surface area contributed by atoms with Crippen LogP contribution in [0.5, 0.6) is 0 Å². The average Bonchev–Trinajstić information content (AvgIpc) is 3.36. The van der Waals surface area contributed by atoms with Crippen molar-refractivity contribution >= 4 is 17.7 Å². The van der Waals surface area contributed by atoms with Gasteiger partial charge in [0.1, 0.15) is 12.2 Å². The molecule has 33 heavy (non-hydrogen) atoms. The Balaban J connectivity index is 1.26. The van der Waals surface area contributed by atoms with Gasteiger partial charge in [-0.05, 0) is 53.4 Å². The summed E-state index contributed by atoms with van der Waals surface area (Å²) in [4.78, 5) is 23.7. The second-order valence-corrected chi connectivity index (χ2v) is 7.86. The molecule has 7 heteroatoms. The first-order valence-electron chi connectivity index (χ1n) is 10.5. The van der Waals surface area contributed by atoms with Crippen molar-refractivity contribution in [3.8, 4) is 16.8 Å². The van der Waals surface area contributed by atoms with Gasteiger partial charge in [0.25, 0.3) is 0 Å². The number of aromatic carboxylic acids is 1. The van der Waals surface area contributed by atoms with Gasteiger partial charge < -0.3 is 9.84 Å². The minimum atomic E-state index is -1.02. The van der Waals surface area contributed by atoms with Crippen molar-refractivity contribution in [2.45, 2.75) is 12.8 Å². The number of carbonyl (C=O) groups is 2. The molecule has 7 nitrogen and oxygen atoms in total. The van der Waals surface area contributed by atoms with Crippen molar-refractivity contribution in [2.75, 3.05) is 11.9 Å². The zero-order valence-electron chi connectivity index (χ0n) is 17.9. The average molecular weight is 439 g/mol. The van der Waals surface area contributed by atoms with E-state index in [4.69, 9.17) is 4.74 Å². The van der Waals surface area contributed by atoms with Crippen LogP contribution in [0.3, 0.4) is 0 Å². The van der Waals surface area contributed by atoms with Gasteiger partial charge in [0.2, 0.25) is 0 Å². The molecular formula is C26H21N3O4. The molecule has 0 unspecified atom stereocenters. The molecular weight excluding hydrogens is 418 g/mol. The third-order valence-corrected chi connectivity index (χ3v) is 5.94. The van der Waals surface area contributed by atoms with Crippen LogP contribution in [-0.4, -0.2) is 33.6 Å². The van der Waals surface area contributed by atoms with E-state index < -0.39 is 12.1 Å². The molecule has 1 aliphatic rings. The van der Waals surface area contributed by atoms with Crippen molar-refractivity contribution in [2.24, 2.45) is 0 Å². The molecule has 2 N–H and O–H groups in total. The summed E-state index contributed by atoms with van der Waals surface area (Å²) in [6.07, 6.45) is 0.786. The fraction of sp³-hybridized carbons (Fsp3) is 0.115. The predicted octanol–water partition coefficient (Wildman–Crippen LogP) is 5.24. The number of ether oxygens (including phenoxy) is 1. The number of aromatic nitrogens is 2. The van der Waals surface area contributed by atoms with Gasteiger partial charge in [0, 0.05) is 11.6 Å². The SMILES string of the molecule is Cc1c(C(=O)O)cnn1-c1ccc(NC(=O)OCC2c3ccccc3-c3ccccc32)cc1. The maximum Gasteiger partial charge on any atom is 0.411 e. The topological polar surface area (TPSA) is 93.5 Å². The predicted molar refractivity (Wildman–Crippen MR) is 124 cm³/mol. The maximum absolute atomic E-state index is 12.5. The minimum Gasteiger partial charge on any atom is -0.478 e. The van der Waals surface area contributed by atoms with Crippen molar-refractivity contribution in [1.29, 1.82) is 0 Å². The van der Waals surface area contributed by atoms with Crippen molar-refractivity contribution < 1.29 is 19.4 Å². The van der Waals surface area contributed by atoms with E-state index in [1.165, 1.54) is 17.3 Å². The van der Waals surface area contributed by atoms with Gasteiger partial charge in [-0.1, -0.05) is 48.5 Å². The monoisotopic (exact) mass is 439 g/mol.